The maximum Gasteiger partial charge on any atom is 0.325 e. The fourth-order valence-corrected chi connectivity index (χ4v) is 4.91. The summed E-state index contributed by atoms with van der Waals surface area (Å²) < 4.78 is 2.87. The van der Waals surface area contributed by atoms with Crippen molar-refractivity contribution < 1.29 is 14.4 Å². The molecule has 1 aromatic heterocycles. The first kappa shape index (κ1) is 17.9. The molecular formula is C19H22N4O3S. The van der Waals surface area contributed by atoms with Crippen LogP contribution in [0, 0.1) is 5.92 Å². The number of hydrogen-bond donors (Lipinski definition) is 1. The van der Waals surface area contributed by atoms with Crippen LogP contribution in [0.4, 0.5) is 4.79 Å². The topological polar surface area (TPSA) is 83.8 Å². The minimum Gasteiger partial charge on any atom is -0.323 e. The number of carbonyl (C=O) groups is 3. The second kappa shape index (κ2) is 6.60. The van der Waals surface area contributed by atoms with Crippen LogP contribution < -0.4 is 10.1 Å². The van der Waals surface area contributed by atoms with Gasteiger partial charge in [-0.25, -0.2) is 4.79 Å². The van der Waals surface area contributed by atoms with Gasteiger partial charge in [0.25, 0.3) is 11.8 Å². The number of thiazole rings is 1. The fraction of sp³-hybridized carbons (Fsp3) is 0.474. The average Bonchev–Trinajstić information content (AvgIpc) is 3.07. The molecule has 1 aliphatic carbocycles. The molecule has 0 radical (unpaired) electrons. The monoisotopic (exact) mass is 386 g/mol. The van der Waals surface area contributed by atoms with Crippen LogP contribution in [-0.4, -0.2) is 39.4 Å². The predicted molar refractivity (Wildman–Crippen MR) is 102 cm³/mol. The van der Waals surface area contributed by atoms with E-state index in [0.29, 0.717) is 23.6 Å². The molecule has 1 N–H and O–H groups in total. The van der Waals surface area contributed by atoms with Crippen molar-refractivity contribution in [1.29, 1.82) is 0 Å². The predicted octanol–water partition coefficient (Wildman–Crippen LogP) is 2.17. The highest BCUT2D eigenvalue weighted by molar-refractivity contribution is 7.16. The second-order valence-corrected chi connectivity index (χ2v) is 8.51. The van der Waals surface area contributed by atoms with Crippen LogP contribution in [0.1, 0.15) is 32.6 Å². The number of nitrogens with one attached hydrogen (secondary N) is 1. The third-order valence-corrected chi connectivity index (χ3v) is 6.72. The van der Waals surface area contributed by atoms with Gasteiger partial charge in [0, 0.05) is 7.05 Å². The Balaban J connectivity index is 1.55. The first-order chi connectivity index (χ1) is 12.9. The lowest BCUT2D eigenvalue weighted by Crippen LogP contribution is -2.49. The van der Waals surface area contributed by atoms with Gasteiger partial charge in [0.15, 0.2) is 4.80 Å². The second-order valence-electron chi connectivity index (χ2n) is 7.50. The van der Waals surface area contributed by atoms with E-state index in [2.05, 4.69) is 17.2 Å². The average molecular weight is 386 g/mol. The van der Waals surface area contributed by atoms with E-state index in [4.69, 9.17) is 0 Å². The van der Waals surface area contributed by atoms with Crippen LogP contribution in [0.5, 0.6) is 0 Å². The van der Waals surface area contributed by atoms with Crippen molar-refractivity contribution in [2.24, 2.45) is 18.0 Å². The van der Waals surface area contributed by atoms with Gasteiger partial charge in [0.2, 0.25) is 0 Å². The number of imide groups is 1. The molecule has 0 atom stereocenters. The minimum atomic E-state index is -0.827. The number of carbonyl (C=O) groups excluding carboxylic acids is 3. The molecule has 2 fully saturated rings. The molecule has 1 saturated heterocycles. The Kier molecular flexibility index (Phi) is 4.38. The van der Waals surface area contributed by atoms with E-state index in [1.54, 1.807) is 0 Å². The van der Waals surface area contributed by atoms with Crippen molar-refractivity contribution >= 4 is 39.4 Å². The number of rotatable bonds is 2. The summed E-state index contributed by atoms with van der Waals surface area (Å²) in [6.07, 6.45) is 3.06. The van der Waals surface area contributed by atoms with E-state index in [-0.39, 0.29) is 12.5 Å². The summed E-state index contributed by atoms with van der Waals surface area (Å²) in [4.78, 5) is 43.4. The summed E-state index contributed by atoms with van der Waals surface area (Å²) >= 11 is 1.40. The van der Waals surface area contributed by atoms with Gasteiger partial charge in [0.1, 0.15) is 12.1 Å². The minimum absolute atomic E-state index is 0.288. The third kappa shape index (κ3) is 3.07. The summed E-state index contributed by atoms with van der Waals surface area (Å²) in [5.41, 5.74) is 0.158. The van der Waals surface area contributed by atoms with E-state index in [9.17, 15) is 14.4 Å². The van der Waals surface area contributed by atoms with E-state index < -0.39 is 17.5 Å². The lowest BCUT2D eigenvalue weighted by molar-refractivity contribution is -0.135. The standard InChI is InChI=1S/C19H22N4O3S/c1-12-7-9-19(10-8-12)16(25)23(17(26)21-19)11-15(24)20-18-22(2)13-5-3-4-6-14(13)27-18/h3-6,12H,7-11H2,1-2H3,(H,21,26). The molecular weight excluding hydrogens is 364 g/mol. The van der Waals surface area contributed by atoms with Crippen LogP contribution in [0.15, 0.2) is 29.3 Å². The Morgan fingerprint density at radius 1 is 1.30 bits per heavy atom. The summed E-state index contributed by atoms with van der Waals surface area (Å²) in [6, 6.07) is 7.30. The van der Waals surface area contributed by atoms with Crippen molar-refractivity contribution in [3.8, 4) is 0 Å². The van der Waals surface area contributed by atoms with Crippen LogP contribution in [0.3, 0.4) is 0 Å². The highest BCUT2D eigenvalue weighted by Gasteiger charge is 2.52. The molecule has 2 aromatic rings. The van der Waals surface area contributed by atoms with E-state index in [1.165, 1.54) is 11.3 Å². The molecule has 8 heteroatoms. The Hall–Kier alpha value is -2.48. The number of aryl methyl sites for hydroxylation is 1. The first-order valence-corrected chi connectivity index (χ1v) is 9.97. The molecule has 1 spiro atoms. The normalized spacial score (nSPS) is 26.2. The Morgan fingerprint density at radius 3 is 2.70 bits per heavy atom. The van der Waals surface area contributed by atoms with Crippen molar-refractivity contribution in [2.45, 2.75) is 38.1 Å². The number of fused-ring (bicyclic) bond motifs is 1. The van der Waals surface area contributed by atoms with Crippen molar-refractivity contribution in [3.05, 3.63) is 29.1 Å². The van der Waals surface area contributed by atoms with Gasteiger partial charge >= 0.3 is 6.03 Å². The van der Waals surface area contributed by atoms with Crippen LogP contribution in [0.2, 0.25) is 0 Å². The third-order valence-electron chi connectivity index (χ3n) is 5.60. The van der Waals surface area contributed by atoms with Crippen LogP contribution >= 0.6 is 11.3 Å². The molecule has 27 heavy (non-hydrogen) atoms. The van der Waals surface area contributed by atoms with Crippen molar-refractivity contribution in [2.75, 3.05) is 6.54 Å². The quantitative estimate of drug-likeness (QED) is 0.803. The Bertz CT molecular complexity index is 998. The molecule has 0 bridgehead atoms. The number of amides is 4. The number of nitrogens with zero attached hydrogens (tertiary/aromatic N) is 3. The molecule has 4 amide bonds. The number of para-hydroxylation sites is 1. The number of aromatic nitrogens is 1. The van der Waals surface area contributed by atoms with Gasteiger partial charge in [-0.3, -0.25) is 14.5 Å². The largest absolute Gasteiger partial charge is 0.325 e. The molecule has 1 saturated carbocycles. The molecule has 7 nitrogen and oxygen atoms in total. The van der Waals surface area contributed by atoms with Crippen molar-refractivity contribution in [3.63, 3.8) is 0 Å². The Morgan fingerprint density at radius 2 is 2.00 bits per heavy atom. The maximum absolute atomic E-state index is 12.8. The molecule has 2 heterocycles. The number of benzene rings is 1. The van der Waals surface area contributed by atoms with E-state index in [1.807, 2.05) is 35.9 Å². The van der Waals surface area contributed by atoms with Gasteiger partial charge in [-0.2, -0.15) is 4.99 Å². The number of urea groups is 1. The smallest absolute Gasteiger partial charge is 0.323 e. The molecule has 1 aliphatic heterocycles. The van der Waals surface area contributed by atoms with Gasteiger partial charge in [0.05, 0.1) is 10.2 Å². The van der Waals surface area contributed by atoms with E-state index >= 15 is 0 Å². The van der Waals surface area contributed by atoms with Gasteiger partial charge in [-0.05, 0) is 43.7 Å². The summed E-state index contributed by atoms with van der Waals surface area (Å²) in [6.45, 7) is 1.83. The summed E-state index contributed by atoms with van der Waals surface area (Å²) in [5.74, 6) is -0.232. The molecule has 4 rings (SSSR count). The SMILES string of the molecule is CC1CCC2(CC1)NC(=O)N(CC(=O)N=c1sc3ccccc3n1C)C2=O. The fourth-order valence-electron chi connectivity index (χ4n) is 3.88. The highest BCUT2D eigenvalue weighted by Crippen LogP contribution is 2.36. The summed E-state index contributed by atoms with van der Waals surface area (Å²) in [5, 5.41) is 2.83. The first-order valence-electron chi connectivity index (χ1n) is 9.16. The lowest BCUT2D eigenvalue weighted by Gasteiger charge is -2.33. The zero-order chi connectivity index (χ0) is 19.2. The zero-order valence-electron chi connectivity index (χ0n) is 15.4. The molecule has 1 aromatic carbocycles. The van der Waals surface area contributed by atoms with Gasteiger partial charge in [-0.1, -0.05) is 30.4 Å². The Labute approximate surface area is 160 Å². The van der Waals surface area contributed by atoms with Crippen LogP contribution in [-0.2, 0) is 16.6 Å². The molecule has 142 valence electrons. The molecule has 2 aliphatic rings. The van der Waals surface area contributed by atoms with Gasteiger partial charge in [-0.15, -0.1) is 0 Å². The van der Waals surface area contributed by atoms with Crippen LogP contribution in [0.25, 0.3) is 10.2 Å². The molecule has 0 unspecified atom stereocenters. The zero-order valence-corrected chi connectivity index (χ0v) is 16.2. The maximum atomic E-state index is 12.8. The lowest BCUT2D eigenvalue weighted by atomic mass is 9.77. The summed E-state index contributed by atoms with van der Waals surface area (Å²) in [7, 11) is 1.84. The van der Waals surface area contributed by atoms with Gasteiger partial charge < -0.3 is 9.88 Å². The highest BCUT2D eigenvalue weighted by atomic mass is 32.1. The van der Waals surface area contributed by atoms with Crippen molar-refractivity contribution in [1.82, 2.24) is 14.8 Å². The van der Waals surface area contributed by atoms with E-state index in [0.717, 1.165) is 28.0 Å². The number of hydrogen-bond acceptors (Lipinski definition) is 4.